The van der Waals surface area contributed by atoms with E-state index in [1.165, 1.54) is 6.92 Å². The summed E-state index contributed by atoms with van der Waals surface area (Å²) in [4.78, 5) is 24.9. The quantitative estimate of drug-likeness (QED) is 0.847. The van der Waals surface area contributed by atoms with Gasteiger partial charge in [-0.1, -0.05) is 6.07 Å². The second-order valence-corrected chi connectivity index (χ2v) is 6.09. The Kier molecular flexibility index (Phi) is 5.66. The molecular formula is C17H15BrF2N2O2. The number of aryl methyl sites for hydroxylation is 1. The molecule has 24 heavy (non-hydrogen) atoms. The van der Waals surface area contributed by atoms with Crippen LogP contribution in [0.5, 0.6) is 0 Å². The van der Waals surface area contributed by atoms with E-state index in [1.807, 2.05) is 19.1 Å². The summed E-state index contributed by atoms with van der Waals surface area (Å²) in [5.74, 6) is -2.69. The van der Waals surface area contributed by atoms with E-state index in [9.17, 15) is 18.4 Å². The molecule has 2 amide bonds. The number of carbonyl (C=O) groups is 2. The smallest absolute Gasteiger partial charge is 0.244 e. The van der Waals surface area contributed by atoms with E-state index in [0.29, 0.717) is 16.2 Å². The molecule has 0 aliphatic rings. The van der Waals surface area contributed by atoms with Crippen LogP contribution >= 0.6 is 15.9 Å². The second kappa shape index (κ2) is 7.53. The van der Waals surface area contributed by atoms with Gasteiger partial charge >= 0.3 is 0 Å². The number of hydrogen-bond donors (Lipinski definition) is 1. The Labute approximate surface area is 146 Å². The number of rotatable bonds is 4. The molecule has 7 heteroatoms. The summed E-state index contributed by atoms with van der Waals surface area (Å²) >= 11 is 3.34. The normalized spacial score (nSPS) is 10.4. The maximum absolute atomic E-state index is 13.9. The average Bonchev–Trinajstić information content (AvgIpc) is 2.48. The van der Waals surface area contributed by atoms with E-state index < -0.39 is 30.0 Å². The molecule has 0 radical (unpaired) electrons. The van der Waals surface area contributed by atoms with Crippen molar-refractivity contribution in [1.29, 1.82) is 0 Å². The molecule has 2 aromatic rings. The fraction of sp³-hybridized carbons (Fsp3) is 0.176. The summed E-state index contributed by atoms with van der Waals surface area (Å²) in [7, 11) is 0. The van der Waals surface area contributed by atoms with Crippen molar-refractivity contribution in [3.05, 3.63) is 58.1 Å². The first-order valence-corrected chi connectivity index (χ1v) is 7.86. The molecular weight excluding hydrogens is 382 g/mol. The minimum absolute atomic E-state index is 0.151. The number of hydrogen-bond acceptors (Lipinski definition) is 2. The minimum Gasteiger partial charge on any atom is -0.324 e. The van der Waals surface area contributed by atoms with Crippen molar-refractivity contribution in [3.8, 4) is 0 Å². The highest BCUT2D eigenvalue weighted by molar-refractivity contribution is 9.10. The molecule has 4 nitrogen and oxygen atoms in total. The van der Waals surface area contributed by atoms with Crippen molar-refractivity contribution in [2.75, 3.05) is 16.8 Å². The number of nitrogens with one attached hydrogen (secondary N) is 1. The summed E-state index contributed by atoms with van der Waals surface area (Å²) < 4.78 is 27.6. The lowest BCUT2D eigenvalue weighted by Gasteiger charge is -2.21. The van der Waals surface area contributed by atoms with Gasteiger partial charge in [0.05, 0.1) is 11.4 Å². The zero-order valence-corrected chi connectivity index (χ0v) is 14.7. The molecule has 0 saturated carbocycles. The summed E-state index contributed by atoms with van der Waals surface area (Å²) in [6.07, 6.45) is 0. The van der Waals surface area contributed by atoms with Gasteiger partial charge in [-0.3, -0.25) is 9.59 Å². The molecule has 0 aliphatic carbocycles. The van der Waals surface area contributed by atoms with Crippen LogP contribution in [0, 0.1) is 18.6 Å². The number of halogens is 3. The third-order valence-electron chi connectivity index (χ3n) is 3.28. The monoisotopic (exact) mass is 396 g/mol. The van der Waals surface area contributed by atoms with Gasteiger partial charge in [-0.25, -0.2) is 8.78 Å². The third-order valence-corrected chi connectivity index (χ3v) is 3.94. The first kappa shape index (κ1) is 18.1. The summed E-state index contributed by atoms with van der Waals surface area (Å²) in [5, 5.41) is 2.65. The van der Waals surface area contributed by atoms with E-state index in [-0.39, 0.29) is 5.69 Å². The topological polar surface area (TPSA) is 49.4 Å². The number of nitrogens with zero attached hydrogens (tertiary/aromatic N) is 1. The second-order valence-electron chi connectivity index (χ2n) is 5.23. The van der Waals surface area contributed by atoms with Crippen LogP contribution < -0.4 is 10.2 Å². The van der Waals surface area contributed by atoms with Crippen LogP contribution in [0.3, 0.4) is 0 Å². The van der Waals surface area contributed by atoms with Crippen molar-refractivity contribution >= 4 is 39.1 Å². The van der Waals surface area contributed by atoms with Crippen LogP contribution in [-0.2, 0) is 9.59 Å². The van der Waals surface area contributed by atoms with Gasteiger partial charge in [0.2, 0.25) is 11.8 Å². The number of carbonyl (C=O) groups excluding carboxylic acids is 2. The lowest BCUT2D eigenvalue weighted by Crippen LogP contribution is -2.37. The molecule has 0 fully saturated rings. The van der Waals surface area contributed by atoms with E-state index in [4.69, 9.17) is 0 Å². The highest BCUT2D eigenvalue weighted by atomic mass is 79.9. The van der Waals surface area contributed by atoms with Gasteiger partial charge in [-0.2, -0.15) is 0 Å². The molecule has 0 heterocycles. The van der Waals surface area contributed by atoms with Crippen LogP contribution in [0.25, 0.3) is 0 Å². The molecule has 0 unspecified atom stereocenters. The molecule has 0 saturated heterocycles. The fourth-order valence-corrected chi connectivity index (χ4v) is 2.71. The Morgan fingerprint density at radius 2 is 1.88 bits per heavy atom. The van der Waals surface area contributed by atoms with Crippen LogP contribution in [0.2, 0.25) is 0 Å². The summed E-state index contributed by atoms with van der Waals surface area (Å²) in [5.41, 5.74) is 1.40. The lowest BCUT2D eigenvalue weighted by atomic mass is 10.2. The van der Waals surface area contributed by atoms with Gasteiger partial charge in [0.15, 0.2) is 0 Å². The highest BCUT2D eigenvalue weighted by Gasteiger charge is 2.20. The molecule has 0 spiro atoms. The number of benzene rings is 2. The van der Waals surface area contributed by atoms with Gasteiger partial charge in [-0.15, -0.1) is 0 Å². The van der Waals surface area contributed by atoms with Gasteiger partial charge in [0.25, 0.3) is 0 Å². The van der Waals surface area contributed by atoms with Crippen molar-refractivity contribution in [1.82, 2.24) is 0 Å². The predicted octanol–water partition coefficient (Wildman–Crippen LogP) is 4.03. The molecule has 0 aliphatic heterocycles. The SMILES string of the molecule is CC(=O)N(CC(=O)Nc1ccc(C)cc1Br)c1ccc(F)cc1F. The fourth-order valence-electron chi connectivity index (χ4n) is 2.12. The Morgan fingerprint density at radius 3 is 2.46 bits per heavy atom. The highest BCUT2D eigenvalue weighted by Crippen LogP contribution is 2.24. The number of anilines is 2. The maximum Gasteiger partial charge on any atom is 0.244 e. The summed E-state index contributed by atoms with van der Waals surface area (Å²) in [6.45, 7) is 2.72. The molecule has 2 rings (SSSR count). The third kappa shape index (κ3) is 4.38. The van der Waals surface area contributed by atoms with Crippen LogP contribution in [0.15, 0.2) is 40.9 Å². The predicted molar refractivity (Wildman–Crippen MR) is 91.9 cm³/mol. The van der Waals surface area contributed by atoms with Crippen LogP contribution in [0.1, 0.15) is 12.5 Å². The lowest BCUT2D eigenvalue weighted by molar-refractivity contribution is -0.120. The molecule has 0 bridgehead atoms. The van der Waals surface area contributed by atoms with Gasteiger partial charge in [0, 0.05) is 17.5 Å². The maximum atomic E-state index is 13.9. The Hall–Kier alpha value is -2.28. The van der Waals surface area contributed by atoms with E-state index in [0.717, 1.165) is 22.6 Å². The molecule has 2 aromatic carbocycles. The van der Waals surface area contributed by atoms with E-state index in [2.05, 4.69) is 21.2 Å². The van der Waals surface area contributed by atoms with Gasteiger partial charge in [-0.05, 0) is 52.7 Å². The van der Waals surface area contributed by atoms with Crippen molar-refractivity contribution in [3.63, 3.8) is 0 Å². The van der Waals surface area contributed by atoms with Crippen LogP contribution in [-0.4, -0.2) is 18.4 Å². The first-order chi connectivity index (χ1) is 11.3. The van der Waals surface area contributed by atoms with Crippen molar-refractivity contribution in [2.45, 2.75) is 13.8 Å². The Balaban J connectivity index is 2.18. The first-order valence-electron chi connectivity index (χ1n) is 7.07. The zero-order chi connectivity index (χ0) is 17.9. The standard InChI is InChI=1S/C17H15BrF2N2O2/c1-10-3-5-15(13(18)7-10)21-17(24)9-22(11(2)23)16-6-4-12(19)8-14(16)20/h3-8H,9H2,1-2H3,(H,21,24). The largest absolute Gasteiger partial charge is 0.324 e. The molecule has 0 aromatic heterocycles. The van der Waals surface area contributed by atoms with Gasteiger partial charge < -0.3 is 10.2 Å². The van der Waals surface area contributed by atoms with E-state index in [1.54, 1.807) is 6.07 Å². The Morgan fingerprint density at radius 1 is 1.17 bits per heavy atom. The Bertz CT molecular complexity index is 796. The summed E-state index contributed by atoms with van der Waals surface area (Å²) in [6, 6.07) is 8.19. The van der Waals surface area contributed by atoms with Crippen molar-refractivity contribution < 1.29 is 18.4 Å². The average molecular weight is 397 g/mol. The van der Waals surface area contributed by atoms with Crippen molar-refractivity contribution in [2.24, 2.45) is 0 Å². The molecule has 1 N–H and O–H groups in total. The molecule has 0 atom stereocenters. The van der Waals surface area contributed by atoms with Gasteiger partial charge in [0.1, 0.15) is 18.2 Å². The number of amides is 2. The minimum atomic E-state index is -0.908. The van der Waals surface area contributed by atoms with E-state index >= 15 is 0 Å². The molecule has 126 valence electrons. The van der Waals surface area contributed by atoms with Crippen LogP contribution in [0.4, 0.5) is 20.2 Å². The zero-order valence-electron chi connectivity index (χ0n) is 13.1.